The van der Waals surface area contributed by atoms with Crippen LogP contribution >= 0.6 is 0 Å². The highest BCUT2D eigenvalue weighted by Crippen LogP contribution is 2.36. The molecule has 8 nitrogen and oxygen atoms in total. The van der Waals surface area contributed by atoms with E-state index >= 15 is 0 Å². The van der Waals surface area contributed by atoms with Gasteiger partial charge < -0.3 is 14.2 Å². The highest BCUT2D eigenvalue weighted by molar-refractivity contribution is 6.21. The first-order chi connectivity index (χ1) is 16.0. The van der Waals surface area contributed by atoms with Crippen molar-refractivity contribution < 1.29 is 37.4 Å². The third kappa shape index (κ3) is 4.03. The van der Waals surface area contributed by atoms with Crippen molar-refractivity contribution in [3.8, 4) is 11.5 Å². The van der Waals surface area contributed by atoms with Gasteiger partial charge in [0.1, 0.15) is 12.2 Å². The molecular weight excluding hydrogens is 438 g/mol. The van der Waals surface area contributed by atoms with E-state index in [9.17, 15) is 18.4 Å². The van der Waals surface area contributed by atoms with E-state index in [-0.39, 0.29) is 24.7 Å². The molecule has 33 heavy (non-hydrogen) atoms. The first-order valence-electron chi connectivity index (χ1n) is 10.4. The molecule has 0 aliphatic carbocycles. The molecule has 1 saturated heterocycles. The van der Waals surface area contributed by atoms with E-state index in [0.717, 1.165) is 4.90 Å². The molecule has 1 N–H and O–H groups in total. The van der Waals surface area contributed by atoms with Gasteiger partial charge >= 0.3 is 6.61 Å². The molecule has 1 spiro atoms. The summed E-state index contributed by atoms with van der Waals surface area (Å²) < 4.78 is 41.4. The van der Waals surface area contributed by atoms with Crippen molar-refractivity contribution in [2.24, 2.45) is 0 Å². The minimum absolute atomic E-state index is 0.0464. The van der Waals surface area contributed by atoms with Gasteiger partial charge in [-0.2, -0.15) is 8.78 Å². The lowest BCUT2D eigenvalue weighted by Gasteiger charge is -2.17. The average Bonchev–Trinajstić information content (AvgIpc) is 3.51. The number of amides is 2. The van der Waals surface area contributed by atoms with E-state index in [1.54, 1.807) is 30.3 Å². The number of hydrogen-bond donors (Lipinski definition) is 1. The molecule has 2 aromatic carbocycles. The summed E-state index contributed by atoms with van der Waals surface area (Å²) in [5.74, 6) is -0.942. The van der Waals surface area contributed by atoms with Crippen LogP contribution in [-0.2, 0) is 9.57 Å². The molecule has 2 aromatic rings. The Morgan fingerprint density at radius 3 is 2.52 bits per heavy atom. The van der Waals surface area contributed by atoms with Crippen molar-refractivity contribution in [3.05, 3.63) is 65.2 Å². The Hall–Kier alpha value is -3.50. The molecule has 10 heteroatoms. The number of alkyl halides is 2. The monoisotopic (exact) mass is 458 g/mol. The number of nitrogens with zero attached hydrogens (tertiary/aromatic N) is 1. The molecule has 1 fully saturated rings. The zero-order valence-corrected chi connectivity index (χ0v) is 17.4. The van der Waals surface area contributed by atoms with Gasteiger partial charge in [-0.1, -0.05) is 12.1 Å². The van der Waals surface area contributed by atoms with Crippen molar-refractivity contribution >= 4 is 17.5 Å². The van der Waals surface area contributed by atoms with Crippen molar-refractivity contribution in [1.82, 2.24) is 10.4 Å². The third-order valence-electron chi connectivity index (χ3n) is 5.71. The van der Waals surface area contributed by atoms with E-state index in [2.05, 4.69) is 10.2 Å². The highest BCUT2D eigenvalue weighted by Gasteiger charge is 2.39. The Morgan fingerprint density at radius 1 is 1.09 bits per heavy atom. The maximum Gasteiger partial charge on any atom is 0.387 e. The Kier molecular flexibility index (Phi) is 5.47. The number of benzene rings is 2. The number of carbonyl (C=O) groups excluding carboxylic acids is 2. The predicted octanol–water partition coefficient (Wildman–Crippen LogP) is 3.00. The normalized spacial score (nSPS) is 21.5. The fraction of sp³-hybridized carbons (Fsp3) is 0.304. The lowest BCUT2D eigenvalue weighted by Crippen LogP contribution is -2.33. The van der Waals surface area contributed by atoms with E-state index in [0.29, 0.717) is 42.0 Å². The lowest BCUT2D eigenvalue weighted by molar-refractivity contribution is -0.0515. The van der Waals surface area contributed by atoms with Crippen molar-refractivity contribution in [3.63, 3.8) is 0 Å². The lowest BCUT2D eigenvalue weighted by atomic mass is 10.0. The molecule has 0 aromatic heterocycles. The third-order valence-corrected chi connectivity index (χ3v) is 5.71. The summed E-state index contributed by atoms with van der Waals surface area (Å²) in [4.78, 5) is 31.7. The van der Waals surface area contributed by atoms with Gasteiger partial charge in [0.05, 0.1) is 30.0 Å². The van der Waals surface area contributed by atoms with Gasteiger partial charge in [0.2, 0.25) is 0 Å². The van der Waals surface area contributed by atoms with Crippen LogP contribution in [0.1, 0.15) is 32.7 Å². The second kappa shape index (κ2) is 8.45. The smallest absolute Gasteiger partial charge is 0.387 e. The quantitative estimate of drug-likeness (QED) is 0.639. The molecule has 3 heterocycles. The standard InChI is InChI=1S/C23H20F2N2O6/c24-22(25)32-18-6-5-14(17-12-23(33-26-17)7-9-30-13-23)11-19(18)31-10-8-27-20(28)15-3-1-2-4-16(15)21(27)29/h1-6,11-12,22,26H,7-10,13H2. The summed E-state index contributed by atoms with van der Waals surface area (Å²) in [6.07, 6.45) is 2.59. The Labute approximate surface area is 187 Å². The molecular formula is C23H20F2N2O6. The fourth-order valence-corrected chi connectivity index (χ4v) is 4.05. The van der Waals surface area contributed by atoms with E-state index < -0.39 is 24.0 Å². The van der Waals surface area contributed by atoms with Gasteiger partial charge in [-0.15, -0.1) is 0 Å². The first kappa shape index (κ1) is 21.4. The van der Waals surface area contributed by atoms with Crippen molar-refractivity contribution in [2.75, 3.05) is 26.4 Å². The summed E-state index contributed by atoms with van der Waals surface area (Å²) in [6.45, 7) is -2.19. The Morgan fingerprint density at radius 2 is 1.85 bits per heavy atom. The van der Waals surface area contributed by atoms with Crippen LogP contribution in [-0.4, -0.2) is 55.3 Å². The predicted molar refractivity (Wildman–Crippen MR) is 111 cm³/mol. The molecule has 2 amide bonds. The van der Waals surface area contributed by atoms with Crippen LogP contribution in [0.5, 0.6) is 11.5 Å². The summed E-state index contributed by atoms with van der Waals surface area (Å²) in [5.41, 5.74) is 4.24. The molecule has 3 aliphatic rings. The molecule has 0 saturated carbocycles. The van der Waals surface area contributed by atoms with Crippen LogP contribution in [0.15, 0.2) is 48.5 Å². The molecule has 172 valence electrons. The summed E-state index contributed by atoms with van der Waals surface area (Å²) in [7, 11) is 0. The van der Waals surface area contributed by atoms with Gasteiger partial charge in [-0.05, 0) is 36.4 Å². The molecule has 5 rings (SSSR count). The van der Waals surface area contributed by atoms with Crippen LogP contribution in [0.25, 0.3) is 5.70 Å². The first-order valence-corrected chi connectivity index (χ1v) is 10.4. The number of carbonyl (C=O) groups is 2. The van der Waals surface area contributed by atoms with Gasteiger partial charge in [-0.25, -0.2) is 0 Å². The summed E-state index contributed by atoms with van der Waals surface area (Å²) >= 11 is 0. The summed E-state index contributed by atoms with van der Waals surface area (Å²) in [5, 5.41) is 0. The zero-order chi connectivity index (χ0) is 23.0. The number of ether oxygens (including phenoxy) is 3. The molecule has 0 bridgehead atoms. The van der Waals surface area contributed by atoms with Crippen molar-refractivity contribution in [1.29, 1.82) is 0 Å². The minimum atomic E-state index is -3.04. The number of rotatable bonds is 7. The van der Waals surface area contributed by atoms with Crippen molar-refractivity contribution in [2.45, 2.75) is 18.6 Å². The second-order valence-corrected chi connectivity index (χ2v) is 7.83. The van der Waals surface area contributed by atoms with Crippen LogP contribution < -0.4 is 15.0 Å². The van der Waals surface area contributed by atoms with E-state index in [1.165, 1.54) is 12.1 Å². The van der Waals surface area contributed by atoms with Crippen LogP contribution in [0.4, 0.5) is 8.78 Å². The molecule has 1 atom stereocenters. The summed E-state index contributed by atoms with van der Waals surface area (Å²) in [6, 6.07) is 11.0. The zero-order valence-electron chi connectivity index (χ0n) is 17.4. The number of halogens is 2. The maximum absolute atomic E-state index is 12.9. The van der Waals surface area contributed by atoms with E-state index in [1.807, 2.05) is 6.08 Å². The van der Waals surface area contributed by atoms with Gasteiger partial charge in [0.15, 0.2) is 11.5 Å². The molecule has 0 radical (unpaired) electrons. The molecule has 3 aliphatic heterocycles. The number of fused-ring (bicyclic) bond motifs is 1. The Bertz CT molecular complexity index is 1090. The van der Waals surface area contributed by atoms with E-state index in [4.69, 9.17) is 14.3 Å². The number of hydrogen-bond acceptors (Lipinski definition) is 7. The SMILES string of the molecule is O=C1c2ccccc2C(=O)N1CCOc1cc(C2=CC3(CCOC3)ON2)ccc1OC(F)F. The number of nitrogens with one attached hydrogen (secondary N) is 1. The number of hydroxylamine groups is 1. The topological polar surface area (TPSA) is 86.3 Å². The molecule has 1 unspecified atom stereocenters. The minimum Gasteiger partial charge on any atom is -0.488 e. The fourth-order valence-electron chi connectivity index (χ4n) is 4.05. The van der Waals surface area contributed by atoms with Gasteiger partial charge in [0, 0.05) is 18.6 Å². The second-order valence-electron chi connectivity index (χ2n) is 7.83. The van der Waals surface area contributed by atoms with Gasteiger partial charge in [0.25, 0.3) is 11.8 Å². The highest BCUT2D eigenvalue weighted by atomic mass is 19.3. The average molecular weight is 458 g/mol. The van der Waals surface area contributed by atoms with Gasteiger partial charge in [-0.3, -0.25) is 24.8 Å². The Balaban J connectivity index is 1.32. The van der Waals surface area contributed by atoms with Crippen LogP contribution in [0.3, 0.4) is 0 Å². The maximum atomic E-state index is 12.9. The van der Waals surface area contributed by atoms with Crippen LogP contribution in [0, 0.1) is 0 Å². The largest absolute Gasteiger partial charge is 0.488 e. The van der Waals surface area contributed by atoms with Crippen LogP contribution in [0.2, 0.25) is 0 Å². The number of imide groups is 1.